The Bertz CT molecular complexity index is 2170. The van der Waals surface area contributed by atoms with Gasteiger partial charge in [-0.15, -0.1) is 0 Å². The van der Waals surface area contributed by atoms with Gasteiger partial charge >= 0.3 is 24.7 Å². The smallest absolute Gasteiger partial charge is 0.251 e. The van der Waals surface area contributed by atoms with Crippen molar-refractivity contribution in [1.29, 1.82) is 0 Å². The topological polar surface area (TPSA) is 37.6 Å². The molecule has 0 aliphatic heterocycles. The highest BCUT2D eigenvalue weighted by molar-refractivity contribution is 6.02. The summed E-state index contributed by atoms with van der Waals surface area (Å²) in [5.74, 6) is -2.33. The number of rotatable bonds is 6. The highest BCUT2D eigenvalue weighted by Crippen LogP contribution is 2.45. The van der Waals surface area contributed by atoms with E-state index in [1.165, 1.54) is 38.1 Å². The Morgan fingerprint density at radius 3 is 1.54 bits per heavy atom. The SMILES string of the molecule is CC(=Nc1cccc(C2=CC(C(F)(F)F)CC(C(F)(F)F)=C2)c1C)c1cccc(C(C)=Nc2cccc(-c3cc(C(F)(F)F)cc(C(F)(F)F)c3)c2C)n1. The van der Waals surface area contributed by atoms with E-state index in [0.29, 0.717) is 46.1 Å². The molecule has 0 N–H and O–H groups in total. The minimum absolute atomic E-state index is 0.0539. The van der Waals surface area contributed by atoms with E-state index in [9.17, 15) is 52.7 Å². The molecule has 0 spiro atoms. The molecule has 4 aromatic rings. The Kier molecular flexibility index (Phi) is 10.8. The van der Waals surface area contributed by atoms with Crippen molar-refractivity contribution >= 4 is 28.4 Å². The molecule has 0 fully saturated rings. The number of allylic oxidation sites excluding steroid dienone is 4. The van der Waals surface area contributed by atoms with E-state index < -0.39 is 53.7 Å². The van der Waals surface area contributed by atoms with Crippen LogP contribution in [0.1, 0.15) is 59.5 Å². The Balaban J connectivity index is 1.48. The van der Waals surface area contributed by atoms with Gasteiger partial charge in [0.15, 0.2) is 0 Å². The highest BCUT2D eigenvalue weighted by atomic mass is 19.4. The number of aliphatic imine (C=N–C) groups is 2. The van der Waals surface area contributed by atoms with Crippen LogP contribution < -0.4 is 0 Å². The summed E-state index contributed by atoms with van der Waals surface area (Å²) in [4.78, 5) is 13.7. The minimum Gasteiger partial charge on any atom is -0.251 e. The second-order valence-electron chi connectivity index (χ2n) is 12.6. The van der Waals surface area contributed by atoms with E-state index in [1.807, 2.05) is 0 Å². The Hall–Kier alpha value is -5.21. The fraction of sp³-hybridized carbons (Fsp3) is 0.256. The summed E-state index contributed by atoms with van der Waals surface area (Å²) in [5, 5.41) is 0. The monoisotopic (exact) mass is 767 g/mol. The molecule has 0 amide bonds. The van der Waals surface area contributed by atoms with E-state index in [-0.39, 0.29) is 39.7 Å². The minimum atomic E-state index is -5.03. The first-order valence-corrected chi connectivity index (χ1v) is 16.1. The maximum atomic E-state index is 13.6. The molecule has 1 aliphatic rings. The fourth-order valence-electron chi connectivity index (χ4n) is 5.92. The summed E-state index contributed by atoms with van der Waals surface area (Å²) in [6.07, 6.45) is -19.6. The maximum absolute atomic E-state index is 13.6. The second kappa shape index (κ2) is 14.6. The summed E-state index contributed by atoms with van der Waals surface area (Å²) in [5.41, 5.74) is -1.97. The lowest BCUT2D eigenvalue weighted by Crippen LogP contribution is -2.27. The summed E-state index contributed by atoms with van der Waals surface area (Å²) in [7, 11) is 0. The first-order chi connectivity index (χ1) is 24.9. The average molecular weight is 768 g/mol. The number of pyridine rings is 1. The summed E-state index contributed by atoms with van der Waals surface area (Å²) in [6, 6.07) is 15.0. The van der Waals surface area contributed by atoms with Gasteiger partial charge in [0.25, 0.3) is 0 Å². The standard InChI is InChI=1S/C39H29F12N3/c1-20-30(24-14-26(36(40,41)42)18-27(15-24)37(43,44)45)8-5-10-32(20)52-22(3)34-12-7-13-35(54-34)23(4)53-33-11-6-9-31(21(33)2)25-16-28(38(46,47)48)19-29(17-25)39(49,50)51/h5-18,28H,19H2,1-4H3. The van der Waals surface area contributed by atoms with Crippen molar-refractivity contribution in [2.75, 3.05) is 0 Å². The molecule has 3 nitrogen and oxygen atoms in total. The van der Waals surface area contributed by atoms with E-state index >= 15 is 0 Å². The number of nitrogens with zero attached hydrogens (tertiary/aromatic N) is 3. The van der Waals surface area contributed by atoms with E-state index in [0.717, 1.165) is 12.2 Å². The fourth-order valence-corrected chi connectivity index (χ4v) is 5.92. The molecule has 1 atom stereocenters. The van der Waals surface area contributed by atoms with Gasteiger partial charge in [-0.2, -0.15) is 52.7 Å². The number of alkyl halides is 12. The van der Waals surface area contributed by atoms with E-state index in [2.05, 4.69) is 15.0 Å². The molecule has 0 radical (unpaired) electrons. The van der Waals surface area contributed by atoms with Crippen LogP contribution in [0.2, 0.25) is 0 Å². The van der Waals surface area contributed by atoms with Crippen LogP contribution in [-0.2, 0) is 12.4 Å². The lowest BCUT2D eigenvalue weighted by molar-refractivity contribution is -0.165. The molecule has 1 unspecified atom stereocenters. The van der Waals surface area contributed by atoms with E-state index in [4.69, 9.17) is 0 Å². The van der Waals surface area contributed by atoms with Gasteiger partial charge in [0.2, 0.25) is 0 Å². The molecule has 1 aromatic heterocycles. The number of halogens is 12. The number of aromatic nitrogens is 1. The van der Waals surface area contributed by atoms with Crippen LogP contribution in [0.4, 0.5) is 64.1 Å². The van der Waals surface area contributed by atoms with Crippen molar-refractivity contribution in [3.8, 4) is 11.1 Å². The van der Waals surface area contributed by atoms with Gasteiger partial charge < -0.3 is 0 Å². The van der Waals surface area contributed by atoms with Crippen molar-refractivity contribution < 1.29 is 52.7 Å². The molecule has 5 rings (SSSR count). The molecule has 0 bridgehead atoms. The molecule has 0 saturated heterocycles. The largest absolute Gasteiger partial charge is 0.416 e. The lowest BCUT2D eigenvalue weighted by Gasteiger charge is -2.26. The van der Waals surface area contributed by atoms with Crippen LogP contribution in [0.3, 0.4) is 0 Å². The van der Waals surface area contributed by atoms with Crippen molar-refractivity contribution in [2.24, 2.45) is 15.9 Å². The van der Waals surface area contributed by atoms with E-state index in [1.54, 1.807) is 44.2 Å². The lowest BCUT2D eigenvalue weighted by atomic mass is 9.85. The van der Waals surface area contributed by atoms with Gasteiger partial charge in [-0.3, -0.25) is 9.98 Å². The Morgan fingerprint density at radius 2 is 1.07 bits per heavy atom. The van der Waals surface area contributed by atoms with Gasteiger partial charge in [0.1, 0.15) is 0 Å². The first kappa shape index (κ1) is 40.0. The van der Waals surface area contributed by atoms with Crippen LogP contribution in [-0.4, -0.2) is 28.8 Å². The average Bonchev–Trinajstić information content (AvgIpc) is 3.08. The summed E-state index contributed by atoms with van der Waals surface area (Å²) < 4.78 is 163. The molecule has 54 heavy (non-hydrogen) atoms. The van der Waals surface area contributed by atoms with Gasteiger partial charge in [-0.1, -0.05) is 36.4 Å². The highest BCUT2D eigenvalue weighted by Gasteiger charge is 2.45. The second-order valence-corrected chi connectivity index (χ2v) is 12.6. The summed E-state index contributed by atoms with van der Waals surface area (Å²) >= 11 is 0. The Morgan fingerprint density at radius 1 is 0.611 bits per heavy atom. The predicted octanol–water partition coefficient (Wildman–Crippen LogP) is 13.1. The van der Waals surface area contributed by atoms with Crippen LogP contribution in [0.25, 0.3) is 16.7 Å². The van der Waals surface area contributed by atoms with Crippen LogP contribution >= 0.6 is 0 Å². The number of hydrogen-bond donors (Lipinski definition) is 0. The maximum Gasteiger partial charge on any atom is 0.416 e. The van der Waals surface area contributed by atoms with Crippen molar-refractivity contribution in [2.45, 2.75) is 58.8 Å². The van der Waals surface area contributed by atoms with Gasteiger partial charge in [-0.25, -0.2) is 4.98 Å². The molecular weight excluding hydrogens is 738 g/mol. The van der Waals surface area contributed by atoms with Crippen LogP contribution in [0.5, 0.6) is 0 Å². The van der Waals surface area contributed by atoms with Gasteiger partial charge in [-0.05, 0) is 116 Å². The molecule has 3 aromatic carbocycles. The molecular formula is C39H29F12N3. The third kappa shape index (κ3) is 8.93. The normalized spacial score (nSPS) is 16.3. The quantitative estimate of drug-likeness (QED) is 0.142. The van der Waals surface area contributed by atoms with Crippen LogP contribution in [0, 0.1) is 19.8 Å². The number of hydrogen-bond acceptors (Lipinski definition) is 3. The number of benzene rings is 3. The predicted molar refractivity (Wildman–Crippen MR) is 182 cm³/mol. The van der Waals surface area contributed by atoms with Gasteiger partial charge in [0.05, 0.1) is 51.2 Å². The summed E-state index contributed by atoms with van der Waals surface area (Å²) in [6.45, 7) is 6.24. The third-order valence-electron chi connectivity index (χ3n) is 8.82. The molecule has 284 valence electrons. The zero-order valence-electron chi connectivity index (χ0n) is 28.7. The Labute approximate surface area is 301 Å². The molecule has 1 heterocycles. The zero-order valence-corrected chi connectivity index (χ0v) is 28.7. The molecule has 15 heteroatoms. The van der Waals surface area contributed by atoms with Crippen molar-refractivity contribution in [3.63, 3.8) is 0 Å². The van der Waals surface area contributed by atoms with Crippen LogP contribution in [0.15, 0.2) is 101 Å². The zero-order chi connectivity index (χ0) is 40.0. The molecule has 0 saturated carbocycles. The van der Waals surface area contributed by atoms with Gasteiger partial charge in [0, 0.05) is 5.57 Å². The van der Waals surface area contributed by atoms with Crippen molar-refractivity contribution in [3.05, 3.63) is 130 Å². The van der Waals surface area contributed by atoms with Crippen molar-refractivity contribution in [1.82, 2.24) is 4.98 Å². The first-order valence-electron chi connectivity index (χ1n) is 16.1. The third-order valence-corrected chi connectivity index (χ3v) is 8.82. The molecule has 1 aliphatic carbocycles.